The molecule has 224 valence electrons. The summed E-state index contributed by atoms with van der Waals surface area (Å²) >= 11 is 0. The maximum Gasteiger partial charge on any atom is 0.434 e. The Kier molecular flexibility index (Phi) is 14.5. The lowest BCUT2D eigenvalue weighted by Crippen LogP contribution is -2.48. The van der Waals surface area contributed by atoms with Crippen molar-refractivity contribution in [1.29, 1.82) is 5.41 Å². The first kappa shape index (κ1) is 34.7. The number of rotatable bonds is 8. The van der Waals surface area contributed by atoms with E-state index in [1.165, 1.54) is 0 Å². The number of carbonyl (C=O) groups is 4. The molecule has 3 rings (SSSR count). The lowest BCUT2D eigenvalue weighted by atomic mass is 10.2. The van der Waals surface area contributed by atoms with Crippen molar-refractivity contribution in [2.75, 3.05) is 57.8 Å². The number of piperazine rings is 1. The first-order valence-electron chi connectivity index (χ1n) is 12.7. The summed E-state index contributed by atoms with van der Waals surface area (Å²) in [5.41, 5.74) is 3.49. The van der Waals surface area contributed by atoms with Gasteiger partial charge in [-0.15, -0.1) is 24.8 Å². The van der Waals surface area contributed by atoms with E-state index >= 15 is 0 Å². The highest BCUT2D eigenvalue weighted by atomic mass is 35.5. The van der Waals surface area contributed by atoms with E-state index in [4.69, 9.17) is 15.0 Å². The number of hydrogen-bond donors (Lipinski definition) is 4. The van der Waals surface area contributed by atoms with Crippen molar-refractivity contribution in [3.63, 3.8) is 0 Å². The number of urea groups is 1. The minimum absolute atomic E-state index is 0. The summed E-state index contributed by atoms with van der Waals surface area (Å²) in [6.07, 6.45) is -0.0454. The Labute approximate surface area is 246 Å². The first-order chi connectivity index (χ1) is 18.1. The first-order valence-corrected chi connectivity index (χ1v) is 12.7. The SMILES string of the molecule is CC(C)COC(=O)CCNC(=O)N[C@H]1CCN(c2ccc(C(=N)NOC(=O)N3CCN(C)CC3)cc2)C1=O.Cl.Cl. The second kappa shape index (κ2) is 16.7. The summed E-state index contributed by atoms with van der Waals surface area (Å²) in [5.74, 6) is -0.486. The summed E-state index contributed by atoms with van der Waals surface area (Å²) in [6.45, 7) is 7.39. The highest BCUT2D eigenvalue weighted by molar-refractivity contribution is 6.02. The summed E-state index contributed by atoms with van der Waals surface area (Å²) in [4.78, 5) is 59.1. The molecule has 1 atom stereocenters. The Morgan fingerprint density at radius 2 is 1.70 bits per heavy atom. The van der Waals surface area contributed by atoms with Crippen LogP contribution in [0, 0.1) is 11.3 Å². The topological polar surface area (TPSA) is 156 Å². The molecule has 0 aliphatic carbocycles. The van der Waals surface area contributed by atoms with Crippen molar-refractivity contribution in [2.24, 2.45) is 5.92 Å². The van der Waals surface area contributed by atoms with E-state index in [0.717, 1.165) is 13.1 Å². The van der Waals surface area contributed by atoms with Crippen molar-refractivity contribution in [3.05, 3.63) is 29.8 Å². The lowest BCUT2D eigenvalue weighted by Gasteiger charge is -2.31. The molecule has 40 heavy (non-hydrogen) atoms. The number of nitrogens with one attached hydrogen (secondary N) is 4. The number of ether oxygens (including phenoxy) is 1. The normalized spacial score (nSPS) is 16.9. The number of carbonyl (C=O) groups excluding carboxylic acids is 4. The Balaban J connectivity index is 0.00000400. The van der Waals surface area contributed by atoms with E-state index in [-0.39, 0.29) is 61.4 Å². The second-order valence-electron chi connectivity index (χ2n) is 9.74. The van der Waals surface area contributed by atoms with Gasteiger partial charge in [0.15, 0.2) is 5.84 Å². The van der Waals surface area contributed by atoms with Gasteiger partial charge in [-0.25, -0.2) is 9.59 Å². The quantitative estimate of drug-likeness (QED) is 0.151. The molecule has 13 nitrogen and oxygen atoms in total. The standard InChI is InChI=1S/C25H37N7O6.2ClH/c1-17(2)16-37-21(33)8-10-27-24(35)28-20-9-11-32(23(20)34)19-6-4-18(5-7-19)22(26)29-38-25(36)31-14-12-30(3)13-15-31;;/h4-7,17,20H,8-16H2,1-3H3,(H2,26,29)(H2,27,28,35);2*1H/t20-;;/m0../s1. The summed E-state index contributed by atoms with van der Waals surface area (Å²) < 4.78 is 5.06. The van der Waals surface area contributed by atoms with Gasteiger partial charge in [-0.1, -0.05) is 13.8 Å². The highest BCUT2D eigenvalue weighted by Crippen LogP contribution is 2.22. The van der Waals surface area contributed by atoms with Crippen LogP contribution in [0.1, 0.15) is 32.3 Å². The van der Waals surface area contributed by atoms with Crippen LogP contribution >= 0.6 is 24.8 Å². The molecule has 1 aromatic rings. The fourth-order valence-corrected chi connectivity index (χ4v) is 3.90. The molecule has 0 saturated carbocycles. The Morgan fingerprint density at radius 1 is 1.05 bits per heavy atom. The number of amides is 4. The third kappa shape index (κ3) is 10.4. The molecule has 15 heteroatoms. The average Bonchev–Trinajstić information content (AvgIpc) is 3.25. The number of hydroxylamine groups is 1. The van der Waals surface area contributed by atoms with Crippen molar-refractivity contribution < 1.29 is 28.8 Å². The predicted molar refractivity (Wildman–Crippen MR) is 154 cm³/mol. The molecule has 0 radical (unpaired) electrons. The van der Waals surface area contributed by atoms with Gasteiger partial charge in [-0.05, 0) is 43.7 Å². The Bertz CT molecular complexity index is 1020. The van der Waals surface area contributed by atoms with Crippen LogP contribution in [0.2, 0.25) is 0 Å². The molecule has 0 bridgehead atoms. The van der Waals surface area contributed by atoms with E-state index in [9.17, 15) is 19.2 Å². The van der Waals surface area contributed by atoms with Gasteiger partial charge in [-0.3, -0.25) is 15.0 Å². The minimum atomic E-state index is -0.684. The van der Waals surface area contributed by atoms with E-state index in [2.05, 4.69) is 21.0 Å². The van der Waals surface area contributed by atoms with E-state index < -0.39 is 18.2 Å². The molecule has 0 spiro atoms. The largest absolute Gasteiger partial charge is 0.465 e. The van der Waals surface area contributed by atoms with Crippen LogP contribution in [0.15, 0.2) is 24.3 Å². The molecule has 2 heterocycles. The number of nitrogens with zero attached hydrogens (tertiary/aromatic N) is 3. The van der Waals surface area contributed by atoms with Crippen molar-refractivity contribution in [2.45, 2.75) is 32.7 Å². The van der Waals surface area contributed by atoms with Crippen LogP contribution in [0.3, 0.4) is 0 Å². The summed E-state index contributed by atoms with van der Waals surface area (Å²) in [7, 11) is 1.99. The zero-order valence-corrected chi connectivity index (χ0v) is 24.6. The molecule has 1 aromatic carbocycles. The molecular formula is C25H39Cl2N7O6. The zero-order valence-electron chi connectivity index (χ0n) is 22.9. The minimum Gasteiger partial charge on any atom is -0.465 e. The number of likely N-dealkylation sites (N-methyl/N-ethyl adjacent to an activating group) is 1. The van der Waals surface area contributed by atoms with Gasteiger partial charge in [0, 0.05) is 50.5 Å². The summed E-state index contributed by atoms with van der Waals surface area (Å²) in [6, 6.07) is 5.47. The molecule has 2 aliphatic rings. The third-order valence-corrected chi connectivity index (χ3v) is 6.17. The fraction of sp³-hybridized carbons (Fsp3) is 0.560. The molecule has 2 saturated heterocycles. The van der Waals surface area contributed by atoms with Crippen LogP contribution < -0.4 is 21.0 Å². The number of benzene rings is 1. The van der Waals surface area contributed by atoms with Crippen LogP contribution in [-0.4, -0.2) is 98.6 Å². The van der Waals surface area contributed by atoms with Crippen LogP contribution in [0.5, 0.6) is 0 Å². The van der Waals surface area contributed by atoms with Crippen molar-refractivity contribution >= 4 is 60.3 Å². The van der Waals surface area contributed by atoms with Crippen LogP contribution in [0.4, 0.5) is 15.3 Å². The number of amidine groups is 1. The molecular weight excluding hydrogens is 565 g/mol. The monoisotopic (exact) mass is 603 g/mol. The van der Waals surface area contributed by atoms with Crippen molar-refractivity contribution in [3.8, 4) is 0 Å². The van der Waals surface area contributed by atoms with Crippen LogP contribution in [0.25, 0.3) is 0 Å². The summed E-state index contributed by atoms with van der Waals surface area (Å²) in [5, 5.41) is 13.4. The number of anilines is 1. The van der Waals surface area contributed by atoms with Gasteiger partial charge in [0.05, 0.1) is 13.0 Å². The van der Waals surface area contributed by atoms with E-state index in [1.54, 1.807) is 34.1 Å². The molecule has 2 fully saturated rings. The molecule has 0 aromatic heterocycles. The van der Waals surface area contributed by atoms with Gasteiger partial charge < -0.3 is 34.9 Å². The van der Waals surface area contributed by atoms with Gasteiger partial charge in [0.1, 0.15) is 6.04 Å². The van der Waals surface area contributed by atoms with Crippen LogP contribution in [-0.2, 0) is 19.2 Å². The Morgan fingerprint density at radius 3 is 2.33 bits per heavy atom. The predicted octanol–water partition coefficient (Wildman–Crippen LogP) is 1.74. The molecule has 4 amide bonds. The fourth-order valence-electron chi connectivity index (χ4n) is 3.90. The number of hydrogen-bond acceptors (Lipinski definition) is 8. The Hall–Kier alpha value is -3.29. The van der Waals surface area contributed by atoms with Gasteiger partial charge in [0.2, 0.25) is 5.91 Å². The van der Waals surface area contributed by atoms with Gasteiger partial charge in [0.25, 0.3) is 0 Å². The van der Waals surface area contributed by atoms with Gasteiger partial charge in [-0.2, -0.15) is 5.48 Å². The average molecular weight is 605 g/mol. The maximum atomic E-state index is 12.8. The van der Waals surface area contributed by atoms with Gasteiger partial charge >= 0.3 is 18.1 Å². The second-order valence-corrected chi connectivity index (χ2v) is 9.74. The molecule has 2 aliphatic heterocycles. The van der Waals surface area contributed by atoms with E-state index in [1.807, 2.05) is 20.9 Å². The number of halogens is 2. The lowest BCUT2D eigenvalue weighted by molar-refractivity contribution is -0.144. The molecule has 4 N–H and O–H groups in total. The number of esters is 1. The zero-order chi connectivity index (χ0) is 27.7. The van der Waals surface area contributed by atoms with Crippen molar-refractivity contribution in [1.82, 2.24) is 25.9 Å². The molecule has 0 unspecified atom stereocenters. The highest BCUT2D eigenvalue weighted by Gasteiger charge is 2.33. The third-order valence-electron chi connectivity index (χ3n) is 6.17. The van der Waals surface area contributed by atoms with E-state index in [0.29, 0.717) is 43.9 Å². The maximum absolute atomic E-state index is 12.8. The smallest absolute Gasteiger partial charge is 0.434 e.